The first-order chi connectivity index (χ1) is 14.2. The zero-order valence-electron chi connectivity index (χ0n) is 16.4. The standard InChI is InChI=1S/C21H26N4O3S/c26-20(18-15-29-19(23-18)17-7-4-8-22-13-17)24-9-11-25(12-10-24)21(27)28-14-16-5-2-1-3-6-16/h1-3,5-6,15,17,22H,4,7-14H2. The average Bonchev–Trinajstić information content (AvgIpc) is 3.29. The smallest absolute Gasteiger partial charge is 0.410 e. The van der Waals surface area contributed by atoms with Gasteiger partial charge in [0.1, 0.15) is 12.3 Å². The molecule has 2 amide bonds. The molecule has 0 bridgehead atoms. The summed E-state index contributed by atoms with van der Waals surface area (Å²) in [5.41, 5.74) is 1.48. The van der Waals surface area contributed by atoms with Crippen LogP contribution in [-0.4, -0.2) is 66.1 Å². The first-order valence-electron chi connectivity index (χ1n) is 10.1. The Bertz CT molecular complexity index is 827. The number of piperidine rings is 1. The van der Waals surface area contributed by atoms with E-state index in [1.165, 1.54) is 0 Å². The molecule has 0 saturated carbocycles. The first-order valence-corrected chi connectivity index (χ1v) is 11.0. The number of aromatic nitrogens is 1. The van der Waals surface area contributed by atoms with Gasteiger partial charge < -0.3 is 19.9 Å². The van der Waals surface area contributed by atoms with Crippen molar-refractivity contribution in [3.63, 3.8) is 0 Å². The molecule has 0 spiro atoms. The Kier molecular flexibility index (Phi) is 6.41. The van der Waals surface area contributed by atoms with E-state index in [9.17, 15) is 9.59 Å². The summed E-state index contributed by atoms with van der Waals surface area (Å²) < 4.78 is 5.39. The van der Waals surface area contributed by atoms with E-state index < -0.39 is 0 Å². The van der Waals surface area contributed by atoms with Crippen LogP contribution < -0.4 is 5.32 Å². The van der Waals surface area contributed by atoms with Gasteiger partial charge in [0.25, 0.3) is 5.91 Å². The second-order valence-corrected chi connectivity index (χ2v) is 8.32. The summed E-state index contributed by atoms with van der Waals surface area (Å²) in [7, 11) is 0. The maximum Gasteiger partial charge on any atom is 0.410 e. The Labute approximate surface area is 174 Å². The maximum absolute atomic E-state index is 12.8. The second-order valence-electron chi connectivity index (χ2n) is 7.43. The van der Waals surface area contributed by atoms with Crippen LogP contribution in [0.1, 0.15) is 39.8 Å². The lowest BCUT2D eigenvalue weighted by Crippen LogP contribution is -2.50. The molecule has 2 aliphatic rings. The van der Waals surface area contributed by atoms with Crippen molar-refractivity contribution >= 4 is 23.3 Å². The largest absolute Gasteiger partial charge is 0.445 e. The van der Waals surface area contributed by atoms with Crippen LogP contribution in [0.3, 0.4) is 0 Å². The second kappa shape index (κ2) is 9.37. The van der Waals surface area contributed by atoms with E-state index in [1.807, 2.05) is 35.7 Å². The molecule has 1 unspecified atom stereocenters. The van der Waals surface area contributed by atoms with Gasteiger partial charge in [-0.15, -0.1) is 11.3 Å². The van der Waals surface area contributed by atoms with E-state index in [-0.39, 0.29) is 18.6 Å². The van der Waals surface area contributed by atoms with Crippen molar-refractivity contribution in [2.24, 2.45) is 0 Å². The summed E-state index contributed by atoms with van der Waals surface area (Å²) in [6.45, 7) is 4.20. The van der Waals surface area contributed by atoms with E-state index >= 15 is 0 Å². The molecule has 2 aliphatic heterocycles. The fourth-order valence-electron chi connectivity index (χ4n) is 3.70. The highest BCUT2D eigenvalue weighted by Gasteiger charge is 2.28. The molecule has 7 nitrogen and oxygen atoms in total. The fourth-order valence-corrected chi connectivity index (χ4v) is 4.63. The van der Waals surface area contributed by atoms with E-state index in [2.05, 4.69) is 10.3 Å². The van der Waals surface area contributed by atoms with Gasteiger partial charge in [0.2, 0.25) is 0 Å². The number of piperazine rings is 1. The number of thiazole rings is 1. The van der Waals surface area contributed by atoms with Gasteiger partial charge in [-0.25, -0.2) is 9.78 Å². The van der Waals surface area contributed by atoms with Crippen LogP contribution in [0.15, 0.2) is 35.7 Å². The molecule has 2 aromatic rings. The summed E-state index contributed by atoms with van der Waals surface area (Å²) in [6.07, 6.45) is 1.94. The zero-order chi connectivity index (χ0) is 20.1. The number of hydrogen-bond donors (Lipinski definition) is 1. The van der Waals surface area contributed by atoms with E-state index in [0.717, 1.165) is 36.5 Å². The Morgan fingerprint density at radius 1 is 1.14 bits per heavy atom. The number of carbonyl (C=O) groups excluding carboxylic acids is 2. The number of hydrogen-bond acceptors (Lipinski definition) is 6. The van der Waals surface area contributed by atoms with Crippen LogP contribution in [0.25, 0.3) is 0 Å². The van der Waals surface area contributed by atoms with E-state index in [1.54, 1.807) is 21.1 Å². The van der Waals surface area contributed by atoms with E-state index in [4.69, 9.17) is 4.74 Å². The van der Waals surface area contributed by atoms with Crippen molar-refractivity contribution in [3.8, 4) is 0 Å². The topological polar surface area (TPSA) is 74.8 Å². The van der Waals surface area contributed by atoms with Crippen LogP contribution >= 0.6 is 11.3 Å². The summed E-state index contributed by atoms with van der Waals surface area (Å²) in [4.78, 5) is 33.1. The van der Waals surface area contributed by atoms with E-state index in [0.29, 0.717) is 37.8 Å². The first kappa shape index (κ1) is 19.8. The molecular weight excluding hydrogens is 388 g/mol. The SMILES string of the molecule is O=C(OCc1ccccc1)N1CCN(C(=O)c2csc(C3CCCNC3)n2)CC1. The lowest BCUT2D eigenvalue weighted by molar-refractivity contribution is 0.0540. The lowest BCUT2D eigenvalue weighted by Gasteiger charge is -2.33. The lowest BCUT2D eigenvalue weighted by atomic mass is 10.0. The van der Waals surface area contributed by atoms with Gasteiger partial charge in [0.15, 0.2) is 0 Å². The highest BCUT2D eigenvalue weighted by molar-refractivity contribution is 7.09. The molecule has 2 fully saturated rings. The van der Waals surface area contributed by atoms with Crippen molar-refractivity contribution in [1.82, 2.24) is 20.1 Å². The number of nitrogens with zero attached hydrogens (tertiary/aromatic N) is 3. The predicted molar refractivity (Wildman–Crippen MR) is 111 cm³/mol. The number of amides is 2. The zero-order valence-corrected chi connectivity index (χ0v) is 17.2. The number of ether oxygens (including phenoxy) is 1. The molecule has 3 heterocycles. The Morgan fingerprint density at radius 3 is 2.62 bits per heavy atom. The summed E-state index contributed by atoms with van der Waals surface area (Å²) in [5.74, 6) is 0.361. The quantitative estimate of drug-likeness (QED) is 0.833. The Hall–Kier alpha value is -2.45. The molecular formula is C21H26N4O3S. The predicted octanol–water partition coefficient (Wildman–Crippen LogP) is 2.70. The summed E-state index contributed by atoms with van der Waals surface area (Å²) in [5, 5.41) is 6.31. The van der Waals surface area contributed by atoms with Gasteiger partial charge in [-0.1, -0.05) is 30.3 Å². The fraction of sp³-hybridized carbons (Fsp3) is 0.476. The minimum absolute atomic E-state index is 0.0476. The van der Waals surface area contributed by atoms with Crippen molar-refractivity contribution in [1.29, 1.82) is 0 Å². The van der Waals surface area contributed by atoms with Crippen LogP contribution in [-0.2, 0) is 11.3 Å². The molecule has 2 saturated heterocycles. The Morgan fingerprint density at radius 2 is 1.90 bits per heavy atom. The molecule has 8 heteroatoms. The maximum atomic E-state index is 12.8. The van der Waals surface area contributed by atoms with Gasteiger partial charge in [-0.05, 0) is 24.9 Å². The van der Waals surface area contributed by atoms with Gasteiger partial charge in [-0.2, -0.15) is 0 Å². The Balaban J connectivity index is 1.26. The van der Waals surface area contributed by atoms with Gasteiger partial charge >= 0.3 is 6.09 Å². The molecule has 1 N–H and O–H groups in total. The molecule has 4 rings (SSSR count). The highest BCUT2D eigenvalue weighted by Crippen LogP contribution is 2.26. The minimum Gasteiger partial charge on any atom is -0.445 e. The molecule has 154 valence electrons. The molecule has 1 aromatic heterocycles. The minimum atomic E-state index is -0.332. The number of rotatable bonds is 4. The number of benzene rings is 1. The summed E-state index contributed by atoms with van der Waals surface area (Å²) >= 11 is 1.58. The molecule has 0 radical (unpaired) electrons. The molecule has 29 heavy (non-hydrogen) atoms. The van der Waals surface area contributed by atoms with Crippen LogP contribution in [0.2, 0.25) is 0 Å². The summed E-state index contributed by atoms with van der Waals surface area (Å²) in [6, 6.07) is 9.62. The van der Waals surface area contributed by atoms with Crippen molar-refractivity contribution < 1.29 is 14.3 Å². The van der Waals surface area contributed by atoms with Crippen LogP contribution in [0, 0.1) is 0 Å². The third-order valence-corrected chi connectivity index (χ3v) is 6.42. The number of nitrogens with one attached hydrogen (secondary N) is 1. The normalized spacial score (nSPS) is 19.8. The third-order valence-electron chi connectivity index (χ3n) is 5.42. The molecule has 1 atom stereocenters. The highest BCUT2D eigenvalue weighted by atomic mass is 32.1. The van der Waals surface area contributed by atoms with Crippen molar-refractivity contribution in [2.45, 2.75) is 25.4 Å². The van der Waals surface area contributed by atoms with Crippen LogP contribution in [0.4, 0.5) is 4.79 Å². The average molecular weight is 415 g/mol. The number of carbonyl (C=O) groups is 2. The molecule has 1 aromatic carbocycles. The molecule has 0 aliphatic carbocycles. The van der Waals surface area contributed by atoms with Gasteiger partial charge in [0.05, 0.1) is 5.01 Å². The van der Waals surface area contributed by atoms with Gasteiger partial charge in [0, 0.05) is 44.0 Å². The van der Waals surface area contributed by atoms with Crippen molar-refractivity contribution in [3.05, 3.63) is 52.0 Å². The third kappa shape index (κ3) is 4.94. The van der Waals surface area contributed by atoms with Gasteiger partial charge in [-0.3, -0.25) is 4.79 Å². The van der Waals surface area contributed by atoms with Crippen molar-refractivity contribution in [2.75, 3.05) is 39.3 Å². The monoisotopic (exact) mass is 414 g/mol. The van der Waals surface area contributed by atoms with Crippen LogP contribution in [0.5, 0.6) is 0 Å².